The van der Waals surface area contributed by atoms with Crippen LogP contribution in [0.4, 0.5) is 5.82 Å². The number of rotatable bonds is 5. The van der Waals surface area contributed by atoms with Gasteiger partial charge in [-0.25, -0.2) is 9.67 Å². The fraction of sp³-hybridized carbons (Fsp3) is 0.533. The summed E-state index contributed by atoms with van der Waals surface area (Å²) in [4.78, 5) is 8.90. The summed E-state index contributed by atoms with van der Waals surface area (Å²) >= 11 is 0. The Morgan fingerprint density at radius 1 is 1.35 bits per heavy atom. The van der Waals surface area contributed by atoms with Gasteiger partial charge in [0.1, 0.15) is 5.82 Å². The van der Waals surface area contributed by atoms with Crippen molar-refractivity contribution in [1.82, 2.24) is 19.7 Å². The first-order valence-electron chi connectivity index (χ1n) is 7.29. The Hall–Kier alpha value is -1.91. The third-order valence-corrected chi connectivity index (χ3v) is 3.76. The number of hydrogen-bond acceptors (Lipinski definition) is 4. The molecule has 2 aromatic heterocycles. The predicted molar refractivity (Wildman–Crippen MR) is 79.1 cm³/mol. The Labute approximate surface area is 119 Å². The number of nitrogens with one attached hydrogen (secondary N) is 1. The van der Waals surface area contributed by atoms with Crippen LogP contribution in [0.2, 0.25) is 0 Å². The molecule has 3 rings (SSSR count). The Bertz CT molecular complexity index is 604. The van der Waals surface area contributed by atoms with E-state index in [1.807, 2.05) is 24.6 Å². The van der Waals surface area contributed by atoms with Crippen molar-refractivity contribution in [2.45, 2.75) is 46.1 Å². The summed E-state index contributed by atoms with van der Waals surface area (Å²) in [6.45, 7) is 6.25. The Morgan fingerprint density at radius 3 is 2.90 bits per heavy atom. The maximum Gasteiger partial charge on any atom is 0.174 e. The second kappa shape index (κ2) is 5.23. The highest BCUT2D eigenvalue weighted by atomic mass is 15.3. The van der Waals surface area contributed by atoms with E-state index in [0.29, 0.717) is 6.04 Å². The minimum absolute atomic E-state index is 0.569. The van der Waals surface area contributed by atoms with Crippen LogP contribution < -0.4 is 5.32 Å². The van der Waals surface area contributed by atoms with Crippen molar-refractivity contribution in [3.05, 3.63) is 29.8 Å². The normalized spacial score (nSPS) is 20.9. The van der Waals surface area contributed by atoms with Crippen molar-refractivity contribution < 1.29 is 0 Å². The monoisotopic (exact) mass is 271 g/mol. The highest BCUT2D eigenvalue weighted by molar-refractivity contribution is 5.39. The number of nitrogens with zero attached hydrogens (tertiary/aromatic N) is 4. The van der Waals surface area contributed by atoms with E-state index in [-0.39, 0.29) is 0 Å². The zero-order valence-corrected chi connectivity index (χ0v) is 12.3. The van der Waals surface area contributed by atoms with Gasteiger partial charge in [-0.15, -0.1) is 0 Å². The lowest BCUT2D eigenvalue weighted by molar-refractivity contribution is 0.691. The SMILES string of the molecule is CCCC1CC1Nc1cncc(-n2nc(C)cc2C)n1. The summed E-state index contributed by atoms with van der Waals surface area (Å²) in [5.74, 6) is 2.42. The van der Waals surface area contributed by atoms with Gasteiger partial charge in [-0.3, -0.25) is 4.98 Å². The largest absolute Gasteiger partial charge is 0.366 e. The Kier molecular flexibility index (Phi) is 3.42. The summed E-state index contributed by atoms with van der Waals surface area (Å²) in [5, 5.41) is 7.92. The maximum absolute atomic E-state index is 4.62. The molecule has 1 aliphatic carbocycles. The average Bonchev–Trinajstić information content (AvgIpc) is 3.04. The fourth-order valence-corrected chi connectivity index (χ4v) is 2.69. The van der Waals surface area contributed by atoms with Crippen molar-refractivity contribution in [3.8, 4) is 5.82 Å². The summed E-state index contributed by atoms with van der Waals surface area (Å²) in [7, 11) is 0. The molecule has 0 aliphatic heterocycles. The molecule has 2 atom stereocenters. The molecule has 5 heteroatoms. The van der Waals surface area contributed by atoms with Gasteiger partial charge in [-0.2, -0.15) is 5.10 Å². The second-order valence-corrected chi connectivity index (χ2v) is 5.64. The molecule has 20 heavy (non-hydrogen) atoms. The Balaban J connectivity index is 1.75. The van der Waals surface area contributed by atoms with Gasteiger partial charge in [0, 0.05) is 11.7 Å². The van der Waals surface area contributed by atoms with E-state index in [1.54, 1.807) is 12.4 Å². The first-order chi connectivity index (χ1) is 9.67. The number of aromatic nitrogens is 4. The lowest BCUT2D eigenvalue weighted by Crippen LogP contribution is -2.09. The van der Waals surface area contributed by atoms with E-state index < -0.39 is 0 Å². The zero-order chi connectivity index (χ0) is 14.1. The number of anilines is 1. The van der Waals surface area contributed by atoms with Crippen molar-refractivity contribution in [1.29, 1.82) is 0 Å². The summed E-state index contributed by atoms with van der Waals surface area (Å²) in [5.41, 5.74) is 2.07. The fourth-order valence-electron chi connectivity index (χ4n) is 2.69. The van der Waals surface area contributed by atoms with Crippen LogP contribution >= 0.6 is 0 Å². The van der Waals surface area contributed by atoms with E-state index >= 15 is 0 Å². The quantitative estimate of drug-likeness (QED) is 0.908. The van der Waals surface area contributed by atoms with Crippen LogP contribution in [0.5, 0.6) is 0 Å². The van der Waals surface area contributed by atoms with Crippen LogP contribution in [0, 0.1) is 19.8 Å². The lowest BCUT2D eigenvalue weighted by Gasteiger charge is -2.07. The summed E-state index contributed by atoms with van der Waals surface area (Å²) < 4.78 is 1.84. The molecule has 1 N–H and O–H groups in total. The molecule has 0 bridgehead atoms. The standard InChI is InChI=1S/C15H21N5/c1-4-5-12-7-13(12)17-14-8-16-9-15(18-14)20-11(3)6-10(2)19-20/h6,8-9,12-13H,4-5,7H2,1-3H3,(H,17,18). The van der Waals surface area contributed by atoms with Crippen molar-refractivity contribution >= 4 is 5.82 Å². The van der Waals surface area contributed by atoms with Gasteiger partial charge >= 0.3 is 0 Å². The van der Waals surface area contributed by atoms with E-state index in [9.17, 15) is 0 Å². The Morgan fingerprint density at radius 2 is 2.20 bits per heavy atom. The van der Waals surface area contributed by atoms with Gasteiger partial charge in [0.25, 0.3) is 0 Å². The van der Waals surface area contributed by atoms with E-state index in [0.717, 1.165) is 28.9 Å². The first kappa shape index (κ1) is 13.1. The van der Waals surface area contributed by atoms with E-state index in [2.05, 4.69) is 27.3 Å². The van der Waals surface area contributed by atoms with Gasteiger partial charge in [0.05, 0.1) is 18.1 Å². The molecule has 0 spiro atoms. The second-order valence-electron chi connectivity index (χ2n) is 5.64. The minimum Gasteiger partial charge on any atom is -0.366 e. The molecule has 1 aliphatic rings. The molecule has 0 aromatic carbocycles. The molecule has 5 nitrogen and oxygen atoms in total. The molecule has 0 radical (unpaired) electrons. The summed E-state index contributed by atoms with van der Waals surface area (Å²) in [6.07, 6.45) is 7.33. The van der Waals surface area contributed by atoms with Crippen LogP contribution in [0.3, 0.4) is 0 Å². The average molecular weight is 271 g/mol. The topological polar surface area (TPSA) is 55.6 Å². The highest BCUT2D eigenvalue weighted by Crippen LogP contribution is 2.36. The van der Waals surface area contributed by atoms with E-state index in [1.165, 1.54) is 19.3 Å². The molecule has 106 valence electrons. The molecule has 1 saturated carbocycles. The van der Waals surface area contributed by atoms with Crippen molar-refractivity contribution in [2.24, 2.45) is 5.92 Å². The molecule has 1 fully saturated rings. The van der Waals surface area contributed by atoms with Crippen molar-refractivity contribution in [2.75, 3.05) is 5.32 Å². The number of aryl methyl sites for hydroxylation is 2. The zero-order valence-electron chi connectivity index (χ0n) is 12.3. The number of hydrogen-bond donors (Lipinski definition) is 1. The third kappa shape index (κ3) is 2.66. The van der Waals surface area contributed by atoms with Gasteiger partial charge in [-0.05, 0) is 38.7 Å². The molecular weight excluding hydrogens is 250 g/mol. The smallest absolute Gasteiger partial charge is 0.174 e. The maximum atomic E-state index is 4.62. The predicted octanol–water partition coefficient (Wildman–Crippen LogP) is 2.88. The van der Waals surface area contributed by atoms with Crippen LogP contribution in [0.15, 0.2) is 18.5 Å². The minimum atomic E-state index is 0.569. The van der Waals surface area contributed by atoms with Gasteiger partial charge < -0.3 is 5.32 Å². The van der Waals surface area contributed by atoms with E-state index in [4.69, 9.17) is 0 Å². The lowest BCUT2D eigenvalue weighted by atomic mass is 10.2. The molecule has 0 amide bonds. The van der Waals surface area contributed by atoms with Gasteiger partial charge in [0.15, 0.2) is 5.82 Å². The molecule has 2 unspecified atom stereocenters. The van der Waals surface area contributed by atoms with Gasteiger partial charge in [-0.1, -0.05) is 13.3 Å². The highest BCUT2D eigenvalue weighted by Gasteiger charge is 2.36. The van der Waals surface area contributed by atoms with Crippen LogP contribution in [-0.2, 0) is 0 Å². The van der Waals surface area contributed by atoms with Crippen LogP contribution in [-0.4, -0.2) is 25.8 Å². The summed E-state index contributed by atoms with van der Waals surface area (Å²) in [6, 6.07) is 2.61. The molecular formula is C15H21N5. The van der Waals surface area contributed by atoms with Crippen molar-refractivity contribution in [3.63, 3.8) is 0 Å². The molecule has 0 saturated heterocycles. The van der Waals surface area contributed by atoms with Gasteiger partial charge in [0.2, 0.25) is 0 Å². The molecule has 2 heterocycles. The first-order valence-corrected chi connectivity index (χ1v) is 7.29. The van der Waals surface area contributed by atoms with Crippen LogP contribution in [0.25, 0.3) is 5.82 Å². The molecule has 2 aromatic rings. The third-order valence-electron chi connectivity index (χ3n) is 3.76. The van der Waals surface area contributed by atoms with Crippen LogP contribution in [0.1, 0.15) is 37.6 Å².